The average Bonchev–Trinajstić information content (AvgIpc) is 3.34. The van der Waals surface area contributed by atoms with Gasteiger partial charge >= 0.3 is 0 Å². The molecule has 0 aromatic heterocycles. The summed E-state index contributed by atoms with van der Waals surface area (Å²) >= 11 is 0. The number of nitro groups is 1. The zero-order chi connectivity index (χ0) is 23.9. The lowest BCUT2D eigenvalue weighted by Crippen LogP contribution is -2.29. The van der Waals surface area contributed by atoms with Crippen molar-refractivity contribution < 1.29 is 18.1 Å². The van der Waals surface area contributed by atoms with Crippen LogP contribution in [0.15, 0.2) is 83.8 Å². The van der Waals surface area contributed by atoms with Gasteiger partial charge in [0, 0.05) is 29.4 Å². The lowest BCUT2D eigenvalue weighted by Gasteiger charge is -2.37. The topological polar surface area (TPSA) is 111 Å². The molecule has 3 aromatic carbocycles. The van der Waals surface area contributed by atoms with Crippen LogP contribution < -0.4 is 14.8 Å². The van der Waals surface area contributed by atoms with Crippen molar-refractivity contribution in [3.63, 3.8) is 0 Å². The van der Waals surface area contributed by atoms with Gasteiger partial charge in [0.15, 0.2) is 0 Å². The molecule has 174 valence electrons. The second kappa shape index (κ2) is 8.49. The third-order valence-electron chi connectivity index (χ3n) is 6.45. The number of hydrogen-bond acceptors (Lipinski definition) is 6. The van der Waals surface area contributed by atoms with Crippen molar-refractivity contribution in [1.82, 2.24) is 0 Å². The van der Waals surface area contributed by atoms with E-state index in [1.54, 1.807) is 61.7 Å². The molecule has 1 aliphatic heterocycles. The minimum atomic E-state index is -3.78. The molecule has 0 bridgehead atoms. The number of ether oxygens (including phenoxy) is 1. The van der Waals surface area contributed by atoms with Crippen molar-refractivity contribution in [2.45, 2.75) is 23.3 Å². The molecule has 3 aromatic rings. The van der Waals surface area contributed by atoms with Crippen LogP contribution in [-0.4, -0.2) is 20.5 Å². The van der Waals surface area contributed by atoms with Crippen LogP contribution in [0.4, 0.5) is 17.1 Å². The third kappa shape index (κ3) is 3.99. The van der Waals surface area contributed by atoms with Crippen molar-refractivity contribution >= 4 is 27.1 Å². The van der Waals surface area contributed by atoms with Gasteiger partial charge in [-0.1, -0.05) is 24.3 Å². The molecular formula is C25H23N3O5S. The van der Waals surface area contributed by atoms with E-state index in [0.717, 1.165) is 23.2 Å². The van der Waals surface area contributed by atoms with Gasteiger partial charge in [0.25, 0.3) is 15.7 Å². The van der Waals surface area contributed by atoms with Gasteiger partial charge in [-0.05, 0) is 65.9 Å². The molecule has 1 aliphatic carbocycles. The molecule has 0 radical (unpaired) electrons. The van der Waals surface area contributed by atoms with Gasteiger partial charge in [0.2, 0.25) is 0 Å². The van der Waals surface area contributed by atoms with E-state index in [1.165, 1.54) is 12.1 Å². The Hall–Kier alpha value is -3.85. The Balaban J connectivity index is 1.44. The smallest absolute Gasteiger partial charge is 0.269 e. The van der Waals surface area contributed by atoms with E-state index in [9.17, 15) is 18.5 Å². The summed E-state index contributed by atoms with van der Waals surface area (Å²) in [6, 6.07) is 18.4. The quantitative estimate of drug-likeness (QED) is 0.286. The summed E-state index contributed by atoms with van der Waals surface area (Å²) in [6.07, 6.45) is 5.07. The number of nitrogens with zero attached hydrogens (tertiary/aromatic N) is 1. The van der Waals surface area contributed by atoms with Crippen LogP contribution in [0.3, 0.4) is 0 Å². The molecule has 2 aliphatic rings. The fourth-order valence-corrected chi connectivity index (χ4v) is 5.84. The largest absolute Gasteiger partial charge is 0.497 e. The van der Waals surface area contributed by atoms with Crippen LogP contribution in [-0.2, 0) is 10.0 Å². The van der Waals surface area contributed by atoms with Crippen LogP contribution in [0, 0.1) is 16.0 Å². The Labute approximate surface area is 197 Å². The van der Waals surface area contributed by atoms with Crippen molar-refractivity contribution in [3.05, 3.63) is 100 Å². The summed E-state index contributed by atoms with van der Waals surface area (Å²) in [5.41, 5.74) is 3.26. The standard InChI is InChI=1S/C25H23N3O5S/c1-33-19-11-7-17(8-12-19)27-34(31,32)20-13-14-24-23(15-20)21-3-2-4-22(21)25(26-24)16-5-9-18(10-6-16)28(29)30/h2-3,5-15,21-22,25-27H,4H2,1H3. The highest BCUT2D eigenvalue weighted by molar-refractivity contribution is 7.92. The number of anilines is 2. The molecule has 2 N–H and O–H groups in total. The zero-order valence-corrected chi connectivity index (χ0v) is 19.2. The van der Waals surface area contributed by atoms with Gasteiger partial charge in [-0.2, -0.15) is 0 Å². The molecule has 3 atom stereocenters. The maximum atomic E-state index is 13.1. The Kier molecular flexibility index (Phi) is 5.49. The molecule has 8 nitrogen and oxygen atoms in total. The predicted molar refractivity (Wildman–Crippen MR) is 130 cm³/mol. The van der Waals surface area contributed by atoms with E-state index in [-0.39, 0.29) is 28.5 Å². The number of allylic oxidation sites excluding steroid dienone is 2. The first-order valence-electron chi connectivity index (χ1n) is 10.8. The third-order valence-corrected chi connectivity index (χ3v) is 7.83. The van der Waals surface area contributed by atoms with E-state index in [2.05, 4.69) is 22.2 Å². The molecule has 0 spiro atoms. The fraction of sp³-hybridized carbons (Fsp3) is 0.200. The summed E-state index contributed by atoms with van der Waals surface area (Å²) in [4.78, 5) is 10.8. The van der Waals surface area contributed by atoms with Crippen molar-refractivity contribution in [3.8, 4) is 5.75 Å². The zero-order valence-electron chi connectivity index (χ0n) is 18.3. The molecular weight excluding hydrogens is 454 g/mol. The highest BCUT2D eigenvalue weighted by atomic mass is 32.2. The van der Waals surface area contributed by atoms with E-state index < -0.39 is 14.9 Å². The number of methoxy groups -OCH3 is 1. The monoisotopic (exact) mass is 477 g/mol. The van der Waals surface area contributed by atoms with Crippen molar-refractivity contribution in [2.24, 2.45) is 5.92 Å². The number of rotatable bonds is 6. The normalized spacial score (nSPS) is 20.7. The van der Waals surface area contributed by atoms with Gasteiger partial charge in [0.1, 0.15) is 5.75 Å². The number of nitrogens with one attached hydrogen (secondary N) is 2. The average molecular weight is 478 g/mol. The van der Waals surface area contributed by atoms with Crippen LogP contribution >= 0.6 is 0 Å². The van der Waals surface area contributed by atoms with E-state index >= 15 is 0 Å². The maximum Gasteiger partial charge on any atom is 0.269 e. The van der Waals surface area contributed by atoms with Crippen molar-refractivity contribution in [1.29, 1.82) is 0 Å². The van der Waals surface area contributed by atoms with Gasteiger partial charge in [0.05, 0.1) is 23.0 Å². The van der Waals surface area contributed by atoms with Gasteiger partial charge in [-0.3, -0.25) is 14.8 Å². The molecule has 0 amide bonds. The highest BCUT2D eigenvalue weighted by Gasteiger charge is 2.38. The Bertz CT molecular complexity index is 1370. The lowest BCUT2D eigenvalue weighted by molar-refractivity contribution is -0.384. The number of nitro benzene ring substituents is 1. The second-order valence-corrected chi connectivity index (χ2v) is 10.1. The predicted octanol–water partition coefficient (Wildman–Crippen LogP) is 5.23. The Morgan fingerprint density at radius 3 is 2.47 bits per heavy atom. The second-order valence-electron chi connectivity index (χ2n) is 8.41. The van der Waals surface area contributed by atoms with Crippen LogP contribution in [0.25, 0.3) is 0 Å². The highest BCUT2D eigenvalue weighted by Crippen LogP contribution is 2.50. The summed E-state index contributed by atoms with van der Waals surface area (Å²) in [7, 11) is -2.23. The molecule has 9 heteroatoms. The minimum absolute atomic E-state index is 0.0341. The van der Waals surface area contributed by atoms with E-state index in [4.69, 9.17) is 4.74 Å². The first kappa shape index (κ1) is 22.0. The molecule has 0 saturated heterocycles. The van der Waals surface area contributed by atoms with Crippen LogP contribution in [0.5, 0.6) is 5.75 Å². The maximum absolute atomic E-state index is 13.1. The number of fused-ring (bicyclic) bond motifs is 3. The molecule has 5 rings (SSSR count). The number of hydrogen-bond donors (Lipinski definition) is 2. The number of non-ortho nitro benzene ring substituents is 1. The van der Waals surface area contributed by atoms with E-state index in [0.29, 0.717) is 11.4 Å². The minimum Gasteiger partial charge on any atom is -0.497 e. The first-order valence-corrected chi connectivity index (χ1v) is 12.3. The summed E-state index contributed by atoms with van der Waals surface area (Å²) < 4.78 is 33.9. The Morgan fingerprint density at radius 1 is 1.06 bits per heavy atom. The van der Waals surface area contributed by atoms with Gasteiger partial charge in [-0.15, -0.1) is 0 Å². The van der Waals surface area contributed by atoms with Gasteiger partial charge in [-0.25, -0.2) is 8.42 Å². The van der Waals surface area contributed by atoms with Crippen LogP contribution in [0.2, 0.25) is 0 Å². The lowest BCUT2D eigenvalue weighted by atomic mass is 9.77. The van der Waals surface area contributed by atoms with Crippen molar-refractivity contribution in [2.75, 3.05) is 17.1 Å². The molecule has 0 saturated carbocycles. The molecule has 0 fully saturated rings. The SMILES string of the molecule is COc1ccc(NS(=O)(=O)c2ccc3c(c2)C2C=CCC2C(c2ccc([N+](=O)[O-])cc2)N3)cc1. The van der Waals surface area contributed by atoms with Gasteiger partial charge < -0.3 is 10.1 Å². The molecule has 3 unspecified atom stereocenters. The first-order chi connectivity index (χ1) is 16.4. The Morgan fingerprint density at radius 2 is 1.79 bits per heavy atom. The summed E-state index contributed by atoms with van der Waals surface area (Å²) in [6.45, 7) is 0. The summed E-state index contributed by atoms with van der Waals surface area (Å²) in [5, 5.41) is 14.5. The molecule has 1 heterocycles. The van der Waals surface area contributed by atoms with Crippen LogP contribution in [0.1, 0.15) is 29.5 Å². The summed E-state index contributed by atoms with van der Waals surface area (Å²) in [5.74, 6) is 0.874. The fourth-order valence-electron chi connectivity index (χ4n) is 4.75. The molecule has 34 heavy (non-hydrogen) atoms. The van der Waals surface area contributed by atoms with E-state index in [1.807, 2.05) is 0 Å². The number of benzene rings is 3. The number of sulfonamides is 1.